The summed E-state index contributed by atoms with van der Waals surface area (Å²) in [6, 6.07) is 10.3. The van der Waals surface area contributed by atoms with Crippen molar-refractivity contribution < 1.29 is 9.37 Å². The quantitative estimate of drug-likeness (QED) is 0.683. The van der Waals surface area contributed by atoms with Crippen molar-refractivity contribution in [1.82, 2.24) is 5.32 Å². The molecule has 0 radical (unpaired) electrons. The molecule has 0 atom stereocenters. The van der Waals surface area contributed by atoms with Crippen LogP contribution in [0.15, 0.2) is 30.3 Å². The lowest BCUT2D eigenvalue weighted by molar-refractivity contribution is -0.522. The monoisotopic (exact) mass is 299 g/mol. The Labute approximate surface area is 133 Å². The van der Waals surface area contributed by atoms with Gasteiger partial charge in [0, 0.05) is 12.0 Å². The molecule has 3 nitrogen and oxygen atoms in total. The van der Waals surface area contributed by atoms with Gasteiger partial charge < -0.3 is 0 Å². The fourth-order valence-corrected chi connectivity index (χ4v) is 3.60. The van der Waals surface area contributed by atoms with Gasteiger partial charge >= 0.3 is 0 Å². The number of hydrogen-bond acceptors (Lipinski definition) is 2. The van der Waals surface area contributed by atoms with E-state index in [4.69, 9.17) is 0 Å². The van der Waals surface area contributed by atoms with Gasteiger partial charge in [0.2, 0.25) is 11.6 Å². The Morgan fingerprint density at radius 3 is 2.59 bits per heavy atom. The van der Waals surface area contributed by atoms with E-state index >= 15 is 0 Å². The molecule has 0 bridgehead atoms. The van der Waals surface area contributed by atoms with E-state index < -0.39 is 0 Å². The van der Waals surface area contributed by atoms with Crippen molar-refractivity contribution in [2.75, 3.05) is 13.1 Å². The molecule has 22 heavy (non-hydrogen) atoms. The number of nitrogens with one attached hydrogen (secondary N) is 1. The van der Waals surface area contributed by atoms with Gasteiger partial charge in [0.15, 0.2) is 0 Å². The molecule has 1 heterocycles. The fraction of sp³-hybridized carbons (Fsp3) is 0.579. The molecule has 2 aliphatic rings. The van der Waals surface area contributed by atoms with Crippen LogP contribution in [0.2, 0.25) is 0 Å². The molecule has 1 aromatic rings. The Kier molecular flexibility index (Phi) is 5.25. The Bertz CT molecular complexity index is 530. The van der Waals surface area contributed by atoms with E-state index in [1.165, 1.54) is 50.8 Å². The van der Waals surface area contributed by atoms with E-state index in [9.17, 15) is 4.79 Å². The van der Waals surface area contributed by atoms with Crippen molar-refractivity contribution in [2.24, 2.45) is 0 Å². The second kappa shape index (κ2) is 7.57. The highest BCUT2D eigenvalue weighted by atomic mass is 16.1. The second-order valence-electron chi connectivity index (χ2n) is 6.59. The molecule has 1 aliphatic carbocycles. The Balaban J connectivity index is 1.68. The standard InChI is InChI=1S/C19H26N2O/c22-18(16-9-3-1-4-10-16)15-21-14-8-7-13-19(21)20-17-11-5-2-6-12-17/h1,3-4,9-10,17H,2,5-8,11-15H2/p+1. The molecule has 1 fully saturated rings. The maximum Gasteiger partial charge on any atom is 0.245 e. The molecule has 3 heteroatoms. The zero-order chi connectivity index (χ0) is 15.2. The van der Waals surface area contributed by atoms with Gasteiger partial charge in [0.1, 0.15) is 6.54 Å². The van der Waals surface area contributed by atoms with E-state index in [2.05, 4.69) is 9.89 Å². The Hall–Kier alpha value is -1.64. The van der Waals surface area contributed by atoms with Gasteiger partial charge in [-0.2, -0.15) is 0 Å². The highest BCUT2D eigenvalue weighted by Gasteiger charge is 2.25. The number of carbonyl (C=O) groups is 1. The average molecular weight is 299 g/mol. The first kappa shape index (κ1) is 15.3. The van der Waals surface area contributed by atoms with Gasteiger partial charge in [-0.05, 0) is 38.5 Å². The van der Waals surface area contributed by atoms with E-state index in [1.54, 1.807) is 0 Å². The Morgan fingerprint density at radius 2 is 1.82 bits per heavy atom. The van der Waals surface area contributed by atoms with Crippen molar-refractivity contribution in [3.8, 4) is 0 Å². The lowest BCUT2D eigenvalue weighted by Crippen LogP contribution is -2.44. The molecule has 118 valence electrons. The summed E-state index contributed by atoms with van der Waals surface area (Å²) in [4.78, 5) is 12.5. The third kappa shape index (κ3) is 3.96. The summed E-state index contributed by atoms with van der Waals surface area (Å²) in [5.74, 6) is 1.54. The smallest absolute Gasteiger partial charge is 0.245 e. The highest BCUT2D eigenvalue weighted by molar-refractivity contribution is 5.97. The molecule has 1 saturated carbocycles. The van der Waals surface area contributed by atoms with Gasteiger partial charge in [-0.15, -0.1) is 0 Å². The maximum absolute atomic E-state index is 12.5. The predicted octanol–water partition coefficient (Wildman–Crippen LogP) is 3.39. The third-order valence-electron chi connectivity index (χ3n) is 4.88. The summed E-state index contributed by atoms with van der Waals surface area (Å²) >= 11 is 0. The topological polar surface area (TPSA) is 32.1 Å². The first-order valence-corrected chi connectivity index (χ1v) is 8.78. The van der Waals surface area contributed by atoms with Crippen molar-refractivity contribution in [3.05, 3.63) is 35.9 Å². The number of hydrogen-bond donors (Lipinski definition) is 1. The zero-order valence-electron chi connectivity index (χ0n) is 13.4. The van der Waals surface area contributed by atoms with Crippen molar-refractivity contribution in [3.63, 3.8) is 0 Å². The number of nitrogens with zero attached hydrogens (tertiary/aromatic N) is 1. The molecule has 1 aromatic carbocycles. The summed E-state index contributed by atoms with van der Waals surface area (Å²) in [5, 5.41) is 3.76. The largest absolute Gasteiger partial charge is 0.290 e. The molecule has 1 aliphatic heterocycles. The van der Waals surface area contributed by atoms with Crippen LogP contribution in [-0.2, 0) is 0 Å². The lowest BCUT2D eigenvalue weighted by Gasteiger charge is -2.24. The summed E-state index contributed by atoms with van der Waals surface area (Å²) < 4.78 is 2.29. The van der Waals surface area contributed by atoms with Crippen LogP contribution in [0, 0.1) is 0 Å². The molecule has 0 saturated heterocycles. The number of ketones is 1. The van der Waals surface area contributed by atoms with Crippen molar-refractivity contribution in [1.29, 1.82) is 0 Å². The number of rotatable bonds is 4. The number of carbonyl (C=O) groups excluding carboxylic acids is 1. The van der Waals surface area contributed by atoms with E-state index in [0.717, 1.165) is 18.5 Å². The molecular weight excluding hydrogens is 272 g/mol. The summed E-state index contributed by atoms with van der Waals surface area (Å²) in [6.45, 7) is 1.52. The van der Waals surface area contributed by atoms with Gasteiger partial charge in [-0.1, -0.05) is 36.8 Å². The molecule has 0 aromatic heterocycles. The minimum absolute atomic E-state index is 0.227. The van der Waals surface area contributed by atoms with Crippen LogP contribution in [0.4, 0.5) is 0 Å². The Morgan fingerprint density at radius 1 is 1.05 bits per heavy atom. The highest BCUT2D eigenvalue weighted by Crippen LogP contribution is 2.18. The van der Waals surface area contributed by atoms with Crippen LogP contribution in [0.3, 0.4) is 0 Å². The molecule has 0 amide bonds. The summed E-state index contributed by atoms with van der Waals surface area (Å²) in [5.41, 5.74) is 0.824. The minimum atomic E-state index is 0.227. The molecule has 3 rings (SSSR count). The second-order valence-corrected chi connectivity index (χ2v) is 6.59. The predicted molar refractivity (Wildman–Crippen MR) is 89.6 cm³/mol. The van der Waals surface area contributed by atoms with E-state index in [-0.39, 0.29) is 5.78 Å². The molecule has 0 spiro atoms. The summed E-state index contributed by atoms with van der Waals surface area (Å²) in [6.07, 6.45) is 10.2. The van der Waals surface area contributed by atoms with E-state index in [1.807, 2.05) is 30.3 Å². The van der Waals surface area contributed by atoms with Gasteiger partial charge in [0.05, 0.1) is 12.6 Å². The van der Waals surface area contributed by atoms with Crippen LogP contribution in [0.1, 0.15) is 61.7 Å². The molecular formula is C19H27N2O+. The van der Waals surface area contributed by atoms with Crippen LogP contribution in [-0.4, -0.2) is 35.3 Å². The lowest BCUT2D eigenvalue weighted by atomic mass is 9.95. The zero-order valence-corrected chi connectivity index (χ0v) is 13.4. The summed E-state index contributed by atoms with van der Waals surface area (Å²) in [7, 11) is 0. The third-order valence-corrected chi connectivity index (χ3v) is 4.88. The number of amidine groups is 1. The van der Waals surface area contributed by atoms with Crippen LogP contribution in [0.5, 0.6) is 0 Å². The average Bonchev–Trinajstić information content (AvgIpc) is 2.58. The van der Waals surface area contributed by atoms with Gasteiger partial charge in [-0.3, -0.25) is 14.7 Å². The number of Topliss-reactive ketones (excluding diaryl/α,β-unsaturated/α-hetero) is 1. The first-order chi connectivity index (χ1) is 10.8. The maximum atomic E-state index is 12.5. The number of benzene rings is 1. The van der Waals surface area contributed by atoms with Crippen LogP contribution in [0.25, 0.3) is 0 Å². The minimum Gasteiger partial charge on any atom is -0.290 e. The molecule has 1 N–H and O–H groups in total. The SMILES string of the molecule is O=C(C[N+]1=C(NC2CCCCC2)CCCC1)c1ccccc1. The van der Waals surface area contributed by atoms with E-state index in [0.29, 0.717) is 12.6 Å². The van der Waals surface area contributed by atoms with Gasteiger partial charge in [-0.25, -0.2) is 0 Å². The normalized spacial score (nSPS) is 20.0. The fourth-order valence-electron chi connectivity index (χ4n) is 3.60. The van der Waals surface area contributed by atoms with Crippen molar-refractivity contribution in [2.45, 2.75) is 57.4 Å². The van der Waals surface area contributed by atoms with Crippen molar-refractivity contribution >= 4 is 11.6 Å². The first-order valence-electron chi connectivity index (χ1n) is 8.78. The van der Waals surface area contributed by atoms with Crippen LogP contribution < -0.4 is 5.32 Å². The van der Waals surface area contributed by atoms with Crippen LogP contribution >= 0.6 is 0 Å². The molecule has 0 unspecified atom stereocenters. The van der Waals surface area contributed by atoms with Gasteiger partial charge in [0.25, 0.3) is 0 Å².